The van der Waals surface area contributed by atoms with E-state index in [0.29, 0.717) is 11.4 Å². The maximum atomic E-state index is 12.0. The maximum absolute atomic E-state index is 12.0. The van der Waals surface area contributed by atoms with Crippen molar-refractivity contribution in [2.24, 2.45) is 0 Å². The summed E-state index contributed by atoms with van der Waals surface area (Å²) in [5.74, 6) is -0.318. The first-order valence-electron chi connectivity index (χ1n) is 8.45. The molecule has 0 unspecified atom stereocenters. The monoisotopic (exact) mass is 362 g/mol. The molecule has 1 aromatic carbocycles. The highest BCUT2D eigenvalue weighted by Crippen LogP contribution is 2.29. The molecule has 1 rings (SSSR count). The summed E-state index contributed by atoms with van der Waals surface area (Å²) in [6.07, 6.45) is 0.657. The Bertz CT molecular complexity index is 651. The van der Waals surface area contributed by atoms with E-state index in [9.17, 15) is 9.59 Å². The van der Waals surface area contributed by atoms with Gasteiger partial charge in [-0.15, -0.1) is 0 Å². The molecule has 2 N–H and O–H groups in total. The molecule has 26 heavy (non-hydrogen) atoms. The molecule has 144 valence electrons. The standard InChI is InChI=1S/C19H30N4O3/c1-8-17(24)21-15-13-14(20-18(25)26-19(2,3)4)9-10-16(15)23(7)12-11-22(5)6/h8-10,13H,1,11-12H2,2-7H3,(H,20,25)(H,21,24). The number of anilines is 3. The van der Waals surface area contributed by atoms with Crippen LogP contribution in [-0.2, 0) is 9.53 Å². The van der Waals surface area contributed by atoms with Gasteiger partial charge < -0.3 is 19.9 Å². The predicted molar refractivity (Wildman–Crippen MR) is 107 cm³/mol. The van der Waals surface area contributed by atoms with Crippen LogP contribution in [0.4, 0.5) is 21.9 Å². The number of ether oxygens (including phenoxy) is 1. The molecule has 0 radical (unpaired) electrons. The molecule has 0 atom stereocenters. The van der Waals surface area contributed by atoms with Crippen LogP contribution in [-0.4, -0.2) is 56.7 Å². The molecule has 7 nitrogen and oxygen atoms in total. The van der Waals surface area contributed by atoms with E-state index in [1.807, 2.05) is 32.1 Å². The molecule has 2 amide bonds. The molecule has 0 spiro atoms. The van der Waals surface area contributed by atoms with Gasteiger partial charge in [0.05, 0.1) is 11.4 Å². The van der Waals surface area contributed by atoms with E-state index < -0.39 is 11.7 Å². The van der Waals surface area contributed by atoms with E-state index in [-0.39, 0.29) is 5.91 Å². The molecule has 0 bridgehead atoms. The first kappa shape index (κ1) is 21.5. The quantitative estimate of drug-likeness (QED) is 0.729. The number of carbonyl (C=O) groups is 2. The van der Waals surface area contributed by atoms with Crippen LogP contribution in [0.1, 0.15) is 20.8 Å². The van der Waals surface area contributed by atoms with Crippen LogP contribution in [0.3, 0.4) is 0 Å². The largest absolute Gasteiger partial charge is 0.444 e. The molecule has 0 aliphatic carbocycles. The third kappa shape index (κ3) is 7.57. The van der Waals surface area contributed by atoms with Crippen LogP contribution in [0.5, 0.6) is 0 Å². The minimum absolute atomic E-state index is 0.318. The second-order valence-electron chi connectivity index (χ2n) is 7.28. The summed E-state index contributed by atoms with van der Waals surface area (Å²) in [6.45, 7) is 10.5. The Morgan fingerprint density at radius 1 is 1.15 bits per heavy atom. The van der Waals surface area contributed by atoms with Crippen molar-refractivity contribution in [3.05, 3.63) is 30.9 Å². The summed E-state index contributed by atoms with van der Waals surface area (Å²) in [6, 6.07) is 5.32. The molecule has 0 saturated heterocycles. The molecule has 0 aliphatic rings. The first-order chi connectivity index (χ1) is 12.0. The van der Waals surface area contributed by atoms with Crippen LogP contribution in [0.2, 0.25) is 0 Å². The Labute approximate surface area is 156 Å². The van der Waals surface area contributed by atoms with Gasteiger partial charge in [-0.1, -0.05) is 6.58 Å². The number of nitrogens with zero attached hydrogens (tertiary/aromatic N) is 2. The topological polar surface area (TPSA) is 73.9 Å². The molecule has 0 aromatic heterocycles. The van der Waals surface area contributed by atoms with Gasteiger partial charge in [-0.25, -0.2) is 4.79 Å². The van der Waals surface area contributed by atoms with Crippen molar-refractivity contribution >= 4 is 29.1 Å². The highest BCUT2D eigenvalue weighted by Gasteiger charge is 2.17. The fraction of sp³-hybridized carbons (Fsp3) is 0.474. The van der Waals surface area contributed by atoms with E-state index in [2.05, 4.69) is 22.1 Å². The number of hydrogen-bond acceptors (Lipinski definition) is 5. The van der Waals surface area contributed by atoms with E-state index >= 15 is 0 Å². The summed E-state index contributed by atoms with van der Waals surface area (Å²) < 4.78 is 5.26. The van der Waals surface area contributed by atoms with Gasteiger partial charge in [0.2, 0.25) is 5.91 Å². The zero-order chi connectivity index (χ0) is 19.9. The highest BCUT2D eigenvalue weighted by molar-refractivity contribution is 6.02. The van der Waals surface area contributed by atoms with Gasteiger partial charge in [-0.2, -0.15) is 0 Å². The van der Waals surface area contributed by atoms with Crippen LogP contribution >= 0.6 is 0 Å². The number of hydrogen-bond donors (Lipinski definition) is 2. The smallest absolute Gasteiger partial charge is 0.412 e. The minimum atomic E-state index is -0.587. The van der Waals surface area contributed by atoms with Crippen molar-refractivity contribution in [1.29, 1.82) is 0 Å². The summed E-state index contributed by atoms with van der Waals surface area (Å²) in [4.78, 5) is 27.9. The summed E-state index contributed by atoms with van der Waals surface area (Å²) >= 11 is 0. The molecule has 1 aromatic rings. The fourth-order valence-corrected chi connectivity index (χ4v) is 2.12. The second-order valence-corrected chi connectivity index (χ2v) is 7.28. The van der Waals surface area contributed by atoms with Gasteiger partial charge >= 0.3 is 6.09 Å². The molecule has 0 heterocycles. The summed E-state index contributed by atoms with van der Waals surface area (Å²) in [5.41, 5.74) is 1.38. The normalized spacial score (nSPS) is 11.0. The number of benzene rings is 1. The van der Waals surface area contributed by atoms with Gasteiger partial charge in [0.15, 0.2) is 0 Å². The second kappa shape index (κ2) is 9.24. The lowest BCUT2D eigenvalue weighted by Crippen LogP contribution is -2.29. The fourth-order valence-electron chi connectivity index (χ4n) is 2.12. The van der Waals surface area contributed by atoms with Crippen molar-refractivity contribution in [3.8, 4) is 0 Å². The third-order valence-electron chi connectivity index (χ3n) is 3.38. The molecular weight excluding hydrogens is 332 g/mol. The Balaban J connectivity index is 3.02. The van der Waals surface area contributed by atoms with Crippen LogP contribution in [0, 0.1) is 0 Å². The van der Waals surface area contributed by atoms with E-state index in [1.54, 1.807) is 32.9 Å². The van der Waals surface area contributed by atoms with Crippen molar-refractivity contribution in [2.75, 3.05) is 49.8 Å². The van der Waals surface area contributed by atoms with Crippen molar-refractivity contribution in [3.63, 3.8) is 0 Å². The van der Waals surface area contributed by atoms with Gasteiger partial charge in [-0.3, -0.25) is 10.1 Å². The van der Waals surface area contributed by atoms with E-state index in [0.717, 1.165) is 18.8 Å². The molecule has 0 aliphatic heterocycles. The first-order valence-corrected chi connectivity index (χ1v) is 8.45. The minimum Gasteiger partial charge on any atom is -0.444 e. The molecular formula is C19H30N4O3. The Kier molecular flexibility index (Phi) is 7.64. The summed E-state index contributed by atoms with van der Waals surface area (Å²) in [7, 11) is 5.95. The van der Waals surface area contributed by atoms with E-state index in [1.165, 1.54) is 6.08 Å². The average Bonchev–Trinajstić information content (AvgIpc) is 2.50. The number of amides is 2. The lowest BCUT2D eigenvalue weighted by atomic mass is 10.2. The molecule has 7 heteroatoms. The van der Waals surface area contributed by atoms with E-state index in [4.69, 9.17) is 4.74 Å². The zero-order valence-corrected chi connectivity index (χ0v) is 16.5. The van der Waals surface area contributed by atoms with Crippen molar-refractivity contribution in [1.82, 2.24) is 4.90 Å². The maximum Gasteiger partial charge on any atom is 0.412 e. The SMILES string of the molecule is C=CC(=O)Nc1cc(NC(=O)OC(C)(C)C)ccc1N(C)CCN(C)C. The van der Waals surface area contributed by atoms with Gasteiger partial charge in [0, 0.05) is 25.8 Å². The van der Waals surface area contributed by atoms with Crippen LogP contribution < -0.4 is 15.5 Å². The van der Waals surface area contributed by atoms with Crippen molar-refractivity contribution < 1.29 is 14.3 Å². The average molecular weight is 362 g/mol. The van der Waals surface area contributed by atoms with Gasteiger partial charge in [0.1, 0.15) is 5.60 Å². The molecule has 0 saturated carbocycles. The number of nitrogens with one attached hydrogen (secondary N) is 2. The van der Waals surface area contributed by atoms with Crippen LogP contribution in [0.15, 0.2) is 30.9 Å². The van der Waals surface area contributed by atoms with Crippen LogP contribution in [0.25, 0.3) is 0 Å². The lowest BCUT2D eigenvalue weighted by molar-refractivity contribution is -0.111. The lowest BCUT2D eigenvalue weighted by Gasteiger charge is -2.25. The number of rotatable bonds is 7. The van der Waals surface area contributed by atoms with Gasteiger partial charge in [-0.05, 0) is 59.1 Å². The van der Waals surface area contributed by atoms with Crippen molar-refractivity contribution in [2.45, 2.75) is 26.4 Å². The summed E-state index contributed by atoms with van der Waals surface area (Å²) in [5, 5.41) is 5.47. The Morgan fingerprint density at radius 3 is 2.35 bits per heavy atom. The van der Waals surface area contributed by atoms with Gasteiger partial charge in [0.25, 0.3) is 0 Å². The highest BCUT2D eigenvalue weighted by atomic mass is 16.6. The Hall–Kier alpha value is -2.54. The third-order valence-corrected chi connectivity index (χ3v) is 3.38. The number of likely N-dealkylation sites (N-methyl/N-ethyl adjacent to an activating group) is 2. The Morgan fingerprint density at radius 2 is 1.81 bits per heavy atom. The number of carbonyl (C=O) groups excluding carboxylic acids is 2. The zero-order valence-electron chi connectivity index (χ0n) is 16.5. The predicted octanol–water partition coefficient (Wildman–Crippen LogP) is 3.16. The molecule has 0 fully saturated rings.